The van der Waals surface area contributed by atoms with Crippen LogP contribution in [0.2, 0.25) is 0 Å². The molecule has 3 aromatic carbocycles. The summed E-state index contributed by atoms with van der Waals surface area (Å²) in [5.41, 5.74) is 6.02. The number of nitrogens with one attached hydrogen (secondary N) is 1. The summed E-state index contributed by atoms with van der Waals surface area (Å²) in [6.45, 7) is 0. The highest BCUT2D eigenvalue weighted by atomic mass is 79.9. The van der Waals surface area contributed by atoms with E-state index in [4.69, 9.17) is 4.74 Å². The number of benzene rings is 3. The van der Waals surface area contributed by atoms with E-state index >= 15 is 0 Å². The Labute approximate surface area is 160 Å². The first-order valence-corrected chi connectivity index (χ1v) is 8.79. The Balaban J connectivity index is 1.68. The van der Waals surface area contributed by atoms with E-state index < -0.39 is 0 Å². The van der Waals surface area contributed by atoms with Crippen LogP contribution in [0, 0.1) is 0 Å². The Kier molecular flexibility index (Phi) is 5.81. The Hall–Kier alpha value is -2.92. The molecule has 1 N–H and O–H groups in total. The van der Waals surface area contributed by atoms with Crippen molar-refractivity contribution in [3.63, 3.8) is 0 Å². The minimum Gasteiger partial charge on any atom is -0.496 e. The molecular weight excluding hydrogens is 392 g/mol. The van der Waals surface area contributed by atoms with Crippen LogP contribution in [0.1, 0.15) is 15.9 Å². The predicted molar refractivity (Wildman–Crippen MR) is 108 cm³/mol. The van der Waals surface area contributed by atoms with Crippen molar-refractivity contribution in [2.45, 2.75) is 0 Å². The van der Waals surface area contributed by atoms with Crippen molar-refractivity contribution in [3.8, 4) is 16.9 Å². The molecule has 0 aliphatic carbocycles. The van der Waals surface area contributed by atoms with Gasteiger partial charge in [0.2, 0.25) is 0 Å². The first kappa shape index (κ1) is 17.9. The Morgan fingerprint density at radius 3 is 2.38 bits per heavy atom. The van der Waals surface area contributed by atoms with Gasteiger partial charge >= 0.3 is 0 Å². The maximum atomic E-state index is 12.2. The summed E-state index contributed by atoms with van der Waals surface area (Å²) in [4.78, 5) is 12.2. The largest absolute Gasteiger partial charge is 0.496 e. The number of carbonyl (C=O) groups excluding carboxylic acids is 1. The Morgan fingerprint density at radius 1 is 1.00 bits per heavy atom. The molecule has 4 nitrogen and oxygen atoms in total. The smallest absolute Gasteiger partial charge is 0.271 e. The highest BCUT2D eigenvalue weighted by molar-refractivity contribution is 9.10. The van der Waals surface area contributed by atoms with Gasteiger partial charge in [-0.3, -0.25) is 4.79 Å². The molecule has 0 unspecified atom stereocenters. The van der Waals surface area contributed by atoms with Crippen molar-refractivity contribution in [1.29, 1.82) is 0 Å². The summed E-state index contributed by atoms with van der Waals surface area (Å²) in [5, 5.41) is 4.02. The van der Waals surface area contributed by atoms with E-state index in [0.29, 0.717) is 11.3 Å². The zero-order valence-electron chi connectivity index (χ0n) is 14.1. The molecule has 130 valence electrons. The molecule has 5 heteroatoms. The average molecular weight is 409 g/mol. The molecule has 0 aromatic heterocycles. The van der Waals surface area contributed by atoms with E-state index in [0.717, 1.165) is 21.2 Å². The first-order chi connectivity index (χ1) is 12.7. The van der Waals surface area contributed by atoms with Gasteiger partial charge in [0.15, 0.2) is 0 Å². The van der Waals surface area contributed by atoms with E-state index in [9.17, 15) is 4.79 Å². The average Bonchev–Trinajstić information content (AvgIpc) is 2.69. The number of nitrogens with zero attached hydrogens (tertiary/aromatic N) is 1. The van der Waals surface area contributed by atoms with Gasteiger partial charge in [0, 0.05) is 15.6 Å². The summed E-state index contributed by atoms with van der Waals surface area (Å²) in [7, 11) is 1.59. The van der Waals surface area contributed by atoms with Crippen molar-refractivity contribution in [2.24, 2.45) is 5.10 Å². The minimum absolute atomic E-state index is 0.269. The van der Waals surface area contributed by atoms with Gasteiger partial charge in [-0.1, -0.05) is 58.4 Å². The number of amides is 1. The molecule has 0 saturated carbocycles. The predicted octanol–water partition coefficient (Wildman–Crippen LogP) is 4.89. The molecular formula is C21H17BrN2O2. The van der Waals surface area contributed by atoms with E-state index in [-0.39, 0.29) is 5.91 Å². The van der Waals surface area contributed by atoms with Gasteiger partial charge in [-0.05, 0) is 41.5 Å². The third kappa shape index (κ3) is 4.37. The first-order valence-electron chi connectivity index (χ1n) is 8.00. The molecule has 3 aromatic rings. The maximum absolute atomic E-state index is 12.2. The molecule has 0 radical (unpaired) electrons. The van der Waals surface area contributed by atoms with Crippen LogP contribution in [-0.4, -0.2) is 19.2 Å². The Bertz CT molecular complexity index is 923. The third-order valence-corrected chi connectivity index (χ3v) is 4.31. The number of hydrazone groups is 1. The second kappa shape index (κ2) is 8.45. The molecule has 0 spiro atoms. The second-order valence-electron chi connectivity index (χ2n) is 5.53. The monoisotopic (exact) mass is 408 g/mol. The number of carbonyl (C=O) groups is 1. The number of halogens is 1. The fraction of sp³-hybridized carbons (Fsp3) is 0.0476. The summed E-state index contributed by atoms with van der Waals surface area (Å²) in [6.07, 6.45) is 1.56. The Morgan fingerprint density at radius 2 is 1.69 bits per heavy atom. The summed E-state index contributed by atoms with van der Waals surface area (Å²) in [5.74, 6) is 0.410. The molecule has 0 saturated heterocycles. The highest BCUT2D eigenvalue weighted by Gasteiger charge is 2.05. The van der Waals surface area contributed by atoms with Crippen LogP contribution in [0.4, 0.5) is 0 Å². The van der Waals surface area contributed by atoms with Crippen molar-refractivity contribution in [2.75, 3.05) is 7.11 Å². The standard InChI is InChI=1S/C21H17BrN2O2/c1-26-20-12-11-19(22)13-18(20)14-23-24-21(25)17-9-7-16(8-10-17)15-5-3-2-4-6-15/h2-14H,1H3,(H,24,25). The van der Waals surface area contributed by atoms with Crippen molar-refractivity contribution >= 4 is 28.1 Å². The van der Waals surface area contributed by atoms with Crippen molar-refractivity contribution in [1.82, 2.24) is 5.43 Å². The molecule has 0 aliphatic heterocycles. The van der Waals surface area contributed by atoms with Gasteiger partial charge in [-0.15, -0.1) is 0 Å². The molecule has 0 fully saturated rings. The number of ether oxygens (including phenoxy) is 1. The van der Waals surface area contributed by atoms with E-state index in [1.165, 1.54) is 0 Å². The molecule has 0 bridgehead atoms. The zero-order chi connectivity index (χ0) is 18.4. The normalized spacial score (nSPS) is 10.7. The van der Waals surface area contributed by atoms with Gasteiger partial charge < -0.3 is 4.74 Å². The third-order valence-electron chi connectivity index (χ3n) is 3.82. The van der Waals surface area contributed by atoms with Gasteiger partial charge in [-0.2, -0.15) is 5.10 Å². The minimum atomic E-state index is -0.269. The summed E-state index contributed by atoms with van der Waals surface area (Å²) in [6, 6.07) is 23.0. The second-order valence-corrected chi connectivity index (χ2v) is 6.44. The number of hydrogen-bond donors (Lipinski definition) is 1. The molecule has 0 atom stereocenters. The van der Waals surface area contributed by atoms with Crippen LogP contribution in [0.3, 0.4) is 0 Å². The van der Waals surface area contributed by atoms with Crippen molar-refractivity contribution in [3.05, 3.63) is 88.4 Å². The topological polar surface area (TPSA) is 50.7 Å². The molecule has 26 heavy (non-hydrogen) atoms. The lowest BCUT2D eigenvalue weighted by atomic mass is 10.0. The van der Waals surface area contributed by atoms with Gasteiger partial charge in [0.1, 0.15) is 5.75 Å². The molecule has 3 rings (SSSR count). The van der Waals surface area contributed by atoms with Gasteiger partial charge in [0.25, 0.3) is 5.91 Å². The van der Waals surface area contributed by atoms with Gasteiger partial charge in [0.05, 0.1) is 13.3 Å². The number of hydrogen-bond acceptors (Lipinski definition) is 3. The van der Waals surface area contributed by atoms with Crippen LogP contribution in [0.5, 0.6) is 5.75 Å². The highest BCUT2D eigenvalue weighted by Crippen LogP contribution is 2.21. The summed E-state index contributed by atoms with van der Waals surface area (Å²) < 4.78 is 6.18. The maximum Gasteiger partial charge on any atom is 0.271 e. The van der Waals surface area contributed by atoms with E-state index in [1.807, 2.05) is 60.7 Å². The molecule has 0 heterocycles. The van der Waals surface area contributed by atoms with E-state index in [2.05, 4.69) is 26.5 Å². The molecule has 0 aliphatic rings. The van der Waals surface area contributed by atoms with Gasteiger partial charge in [-0.25, -0.2) is 5.43 Å². The quantitative estimate of drug-likeness (QED) is 0.482. The summed E-state index contributed by atoms with van der Waals surface area (Å²) >= 11 is 3.40. The fourth-order valence-electron chi connectivity index (χ4n) is 2.48. The van der Waals surface area contributed by atoms with Crippen LogP contribution < -0.4 is 10.2 Å². The van der Waals surface area contributed by atoms with Crippen LogP contribution >= 0.6 is 15.9 Å². The lowest BCUT2D eigenvalue weighted by Crippen LogP contribution is -2.17. The zero-order valence-corrected chi connectivity index (χ0v) is 15.7. The van der Waals surface area contributed by atoms with Crippen LogP contribution in [0.15, 0.2) is 82.4 Å². The fourth-order valence-corrected chi connectivity index (χ4v) is 2.85. The number of methoxy groups -OCH3 is 1. The lowest BCUT2D eigenvalue weighted by molar-refractivity contribution is 0.0955. The number of rotatable bonds is 5. The van der Waals surface area contributed by atoms with Crippen LogP contribution in [0.25, 0.3) is 11.1 Å². The van der Waals surface area contributed by atoms with Crippen LogP contribution in [-0.2, 0) is 0 Å². The van der Waals surface area contributed by atoms with E-state index in [1.54, 1.807) is 25.5 Å². The SMILES string of the molecule is COc1ccc(Br)cc1C=NNC(=O)c1ccc(-c2ccccc2)cc1. The van der Waals surface area contributed by atoms with Crippen molar-refractivity contribution < 1.29 is 9.53 Å². The molecule has 1 amide bonds. The lowest BCUT2D eigenvalue weighted by Gasteiger charge is -2.05.